The fourth-order valence-corrected chi connectivity index (χ4v) is 4.94. The fraction of sp³-hybridized carbons (Fsp3) is 0.269. The topological polar surface area (TPSA) is 80.8 Å². The van der Waals surface area contributed by atoms with Gasteiger partial charge in [0.05, 0.1) is 0 Å². The number of halogens is 1. The molecule has 1 unspecified atom stereocenters. The van der Waals surface area contributed by atoms with Crippen LogP contribution < -0.4 is 10.5 Å². The molecular weight excluding hydrogens is 419 g/mol. The van der Waals surface area contributed by atoms with E-state index in [1.807, 2.05) is 56.3 Å². The Balaban J connectivity index is 1.65. The predicted octanol–water partition coefficient (Wildman–Crippen LogP) is 3.96. The summed E-state index contributed by atoms with van der Waals surface area (Å²) < 4.78 is 20.6. The molecule has 0 saturated heterocycles. The zero-order chi connectivity index (χ0) is 23.4. The van der Waals surface area contributed by atoms with E-state index in [2.05, 4.69) is 9.98 Å². The molecule has 0 fully saturated rings. The second kappa shape index (κ2) is 7.40. The van der Waals surface area contributed by atoms with Gasteiger partial charge in [-0.3, -0.25) is 14.7 Å². The monoisotopic (exact) mass is 444 g/mol. The van der Waals surface area contributed by atoms with E-state index >= 15 is 0 Å². The first-order valence-corrected chi connectivity index (χ1v) is 10.8. The van der Waals surface area contributed by atoms with Crippen LogP contribution in [0, 0.1) is 12.7 Å². The number of aliphatic imine (C=N–C) groups is 1. The summed E-state index contributed by atoms with van der Waals surface area (Å²) in [5.74, 6) is 0.219. The maximum atomic E-state index is 14.1. The molecule has 2 atom stereocenters. The molecule has 0 saturated carbocycles. The standard InChI is InChI=1S/C26H25FN4O2/c1-16-10-18(12-19(27)11-16)17-7-8-22-21(13-17)26(23(32)31(3)24(28)30-26)15-25(2,33-22)14-20-6-4-5-9-29-20/h4-13H,14-15H2,1-3H3,(H2,28,30)/t25-,26?/m0/s1. The number of carbonyl (C=O) groups excluding carboxylic acids is 1. The number of aryl methyl sites for hydroxylation is 1. The Kier molecular flexibility index (Phi) is 4.74. The van der Waals surface area contributed by atoms with Crippen molar-refractivity contribution >= 4 is 11.9 Å². The Morgan fingerprint density at radius 3 is 2.64 bits per heavy atom. The summed E-state index contributed by atoms with van der Waals surface area (Å²) in [6, 6.07) is 16.2. The second-order valence-electron chi connectivity index (χ2n) is 9.15. The Morgan fingerprint density at radius 1 is 1.15 bits per heavy atom. The number of carbonyl (C=O) groups is 1. The summed E-state index contributed by atoms with van der Waals surface area (Å²) in [6.45, 7) is 3.81. The second-order valence-corrected chi connectivity index (χ2v) is 9.15. The molecule has 0 bridgehead atoms. The third-order valence-corrected chi connectivity index (χ3v) is 6.38. The molecule has 5 rings (SSSR count). The summed E-state index contributed by atoms with van der Waals surface area (Å²) >= 11 is 0. The molecule has 6 nitrogen and oxygen atoms in total. The van der Waals surface area contributed by atoms with Gasteiger partial charge in [-0.1, -0.05) is 18.2 Å². The number of guanidine groups is 1. The summed E-state index contributed by atoms with van der Waals surface area (Å²) in [5.41, 5.74) is 7.99. The van der Waals surface area contributed by atoms with Crippen LogP contribution in [0.3, 0.4) is 0 Å². The zero-order valence-electron chi connectivity index (χ0n) is 18.8. The van der Waals surface area contributed by atoms with Crippen molar-refractivity contribution in [2.45, 2.75) is 37.8 Å². The molecule has 2 aliphatic rings. The molecule has 3 aromatic rings. The number of nitrogens with zero attached hydrogens (tertiary/aromatic N) is 3. The molecule has 1 amide bonds. The maximum Gasteiger partial charge on any atom is 0.261 e. The van der Waals surface area contributed by atoms with Gasteiger partial charge >= 0.3 is 0 Å². The molecule has 0 radical (unpaired) electrons. The zero-order valence-corrected chi connectivity index (χ0v) is 18.8. The van der Waals surface area contributed by atoms with Gasteiger partial charge in [-0.05, 0) is 66.9 Å². The molecule has 3 heterocycles. The summed E-state index contributed by atoms with van der Waals surface area (Å²) in [5, 5.41) is 0. The van der Waals surface area contributed by atoms with Crippen LogP contribution in [0.2, 0.25) is 0 Å². The van der Waals surface area contributed by atoms with Gasteiger partial charge in [-0.2, -0.15) is 0 Å². The quantitative estimate of drug-likeness (QED) is 0.663. The first kappa shape index (κ1) is 21.1. The highest BCUT2D eigenvalue weighted by Crippen LogP contribution is 2.50. The van der Waals surface area contributed by atoms with E-state index in [0.717, 1.165) is 22.4 Å². The Morgan fingerprint density at radius 2 is 1.97 bits per heavy atom. The summed E-state index contributed by atoms with van der Waals surface area (Å²) in [7, 11) is 1.63. The van der Waals surface area contributed by atoms with Crippen molar-refractivity contribution in [1.29, 1.82) is 0 Å². The van der Waals surface area contributed by atoms with Gasteiger partial charge in [0, 0.05) is 37.3 Å². The molecule has 168 valence electrons. The van der Waals surface area contributed by atoms with Crippen LogP contribution in [0.1, 0.15) is 30.2 Å². The first-order valence-electron chi connectivity index (χ1n) is 10.8. The van der Waals surface area contributed by atoms with Crippen LogP contribution in [0.4, 0.5) is 4.39 Å². The third kappa shape index (κ3) is 3.53. The predicted molar refractivity (Wildman–Crippen MR) is 124 cm³/mol. The van der Waals surface area contributed by atoms with Gasteiger partial charge < -0.3 is 10.5 Å². The van der Waals surface area contributed by atoms with Crippen LogP contribution in [0.5, 0.6) is 5.75 Å². The van der Waals surface area contributed by atoms with Gasteiger partial charge in [0.2, 0.25) is 0 Å². The van der Waals surface area contributed by atoms with E-state index in [0.29, 0.717) is 24.2 Å². The Bertz CT molecular complexity index is 1270. The number of pyridine rings is 1. The lowest BCUT2D eigenvalue weighted by molar-refractivity contribution is -0.133. The van der Waals surface area contributed by atoms with Crippen LogP contribution >= 0.6 is 0 Å². The molecule has 33 heavy (non-hydrogen) atoms. The number of nitrogens with two attached hydrogens (primary N) is 1. The first-order chi connectivity index (χ1) is 15.7. The van der Waals surface area contributed by atoms with E-state index in [9.17, 15) is 9.18 Å². The van der Waals surface area contributed by atoms with Gasteiger partial charge in [-0.25, -0.2) is 9.38 Å². The number of amides is 1. The molecule has 7 heteroatoms. The molecule has 1 aromatic heterocycles. The highest BCUT2D eigenvalue weighted by atomic mass is 19.1. The van der Waals surface area contributed by atoms with Gasteiger partial charge in [0.15, 0.2) is 11.5 Å². The van der Waals surface area contributed by atoms with Crippen molar-refractivity contribution in [1.82, 2.24) is 9.88 Å². The number of hydrogen-bond acceptors (Lipinski definition) is 5. The largest absolute Gasteiger partial charge is 0.487 e. The molecule has 2 aromatic carbocycles. The number of hydrogen-bond donors (Lipinski definition) is 1. The highest BCUT2D eigenvalue weighted by Gasteiger charge is 2.56. The highest BCUT2D eigenvalue weighted by molar-refractivity contribution is 6.07. The van der Waals surface area contributed by atoms with Crippen molar-refractivity contribution < 1.29 is 13.9 Å². The van der Waals surface area contributed by atoms with Crippen molar-refractivity contribution in [3.63, 3.8) is 0 Å². The van der Waals surface area contributed by atoms with Gasteiger partial charge in [0.1, 0.15) is 17.2 Å². The third-order valence-electron chi connectivity index (χ3n) is 6.38. The lowest BCUT2D eigenvalue weighted by Gasteiger charge is -2.43. The van der Waals surface area contributed by atoms with Crippen molar-refractivity contribution in [2.24, 2.45) is 10.7 Å². The molecule has 2 aliphatic heterocycles. The number of rotatable bonds is 3. The average Bonchev–Trinajstić information content (AvgIpc) is 2.97. The molecular formula is C26H25FN4O2. The SMILES string of the molecule is Cc1cc(F)cc(-c2ccc3c(c2)C2(C[C@](C)(Cc4ccccn4)O3)N=C(N)N(C)C2=O)c1. The minimum atomic E-state index is -1.21. The van der Waals surface area contributed by atoms with Crippen LogP contribution in [0.25, 0.3) is 11.1 Å². The lowest BCUT2D eigenvalue weighted by atomic mass is 9.74. The summed E-state index contributed by atoms with van der Waals surface area (Å²) in [6.07, 6.45) is 2.55. The summed E-state index contributed by atoms with van der Waals surface area (Å²) in [4.78, 5) is 24.1. The number of benzene rings is 2. The van der Waals surface area contributed by atoms with E-state index in [1.165, 1.54) is 17.0 Å². The lowest BCUT2D eigenvalue weighted by Crippen LogP contribution is -2.51. The van der Waals surface area contributed by atoms with Crippen molar-refractivity contribution in [2.75, 3.05) is 7.05 Å². The molecule has 2 N–H and O–H groups in total. The normalized spacial score (nSPS) is 23.9. The molecule has 1 spiro atoms. The van der Waals surface area contributed by atoms with E-state index in [-0.39, 0.29) is 17.7 Å². The average molecular weight is 445 g/mol. The van der Waals surface area contributed by atoms with Crippen molar-refractivity contribution in [3.8, 4) is 16.9 Å². The van der Waals surface area contributed by atoms with Crippen LogP contribution in [-0.4, -0.2) is 34.4 Å². The Hall–Kier alpha value is -3.74. The van der Waals surface area contributed by atoms with Gasteiger partial charge in [0.25, 0.3) is 5.91 Å². The molecule has 0 aliphatic carbocycles. The minimum absolute atomic E-state index is 0.167. The fourth-order valence-electron chi connectivity index (χ4n) is 4.94. The van der Waals surface area contributed by atoms with E-state index < -0.39 is 11.1 Å². The minimum Gasteiger partial charge on any atom is -0.487 e. The number of aromatic nitrogens is 1. The number of ether oxygens (including phenoxy) is 1. The van der Waals surface area contributed by atoms with Gasteiger partial charge in [-0.15, -0.1) is 0 Å². The van der Waals surface area contributed by atoms with E-state index in [1.54, 1.807) is 13.2 Å². The van der Waals surface area contributed by atoms with Crippen LogP contribution in [-0.2, 0) is 16.8 Å². The number of fused-ring (bicyclic) bond motifs is 2. The van der Waals surface area contributed by atoms with E-state index in [4.69, 9.17) is 10.5 Å². The van der Waals surface area contributed by atoms with Crippen LogP contribution in [0.15, 0.2) is 65.8 Å². The smallest absolute Gasteiger partial charge is 0.261 e. The van der Waals surface area contributed by atoms with Crippen molar-refractivity contribution in [3.05, 3.63) is 83.4 Å². The Labute approximate surface area is 191 Å². The maximum absolute atomic E-state index is 14.1. The number of likely N-dealkylation sites (N-methyl/N-ethyl adjacent to an activating group) is 1.